The first kappa shape index (κ1) is 15.1. The van der Waals surface area contributed by atoms with Crippen LogP contribution in [0, 0.1) is 0 Å². The van der Waals surface area contributed by atoms with Gasteiger partial charge >= 0.3 is 0 Å². The zero-order valence-corrected chi connectivity index (χ0v) is 13.1. The second-order valence-corrected chi connectivity index (χ2v) is 6.15. The zero-order valence-electron chi connectivity index (χ0n) is 11.5. The summed E-state index contributed by atoms with van der Waals surface area (Å²) in [5.74, 6) is 0.680. The van der Waals surface area contributed by atoms with Crippen molar-refractivity contribution in [2.45, 2.75) is 18.1 Å². The number of hydrogen-bond acceptors (Lipinski definition) is 6. The molecule has 2 aromatic rings. The third-order valence-electron chi connectivity index (χ3n) is 3.17. The number of thioether (sulfide) groups is 1. The molecule has 2 heterocycles. The zero-order chi connectivity index (χ0) is 15.5. The van der Waals surface area contributed by atoms with Gasteiger partial charge in [0.1, 0.15) is 0 Å². The van der Waals surface area contributed by atoms with Crippen LogP contribution in [0.2, 0.25) is 5.02 Å². The Hall–Kier alpha value is -1.86. The van der Waals surface area contributed by atoms with Crippen LogP contribution in [-0.4, -0.2) is 39.2 Å². The van der Waals surface area contributed by atoms with E-state index < -0.39 is 0 Å². The third kappa shape index (κ3) is 3.31. The highest BCUT2D eigenvalue weighted by molar-refractivity contribution is 7.99. The Morgan fingerprint density at radius 1 is 1.23 bits per heavy atom. The van der Waals surface area contributed by atoms with Crippen LogP contribution < -0.4 is 0 Å². The largest absolute Gasteiger partial charge is 0.411 e. The molecule has 2 amide bonds. The molecule has 3 rings (SSSR count). The number of carbonyl (C=O) groups is 2. The van der Waals surface area contributed by atoms with Crippen LogP contribution in [0.25, 0.3) is 11.5 Å². The summed E-state index contributed by atoms with van der Waals surface area (Å²) in [7, 11) is 0. The maximum absolute atomic E-state index is 11.5. The smallest absolute Gasteiger partial charge is 0.276 e. The van der Waals surface area contributed by atoms with Crippen LogP contribution >= 0.6 is 23.4 Å². The van der Waals surface area contributed by atoms with E-state index in [1.54, 1.807) is 18.2 Å². The molecule has 1 aliphatic rings. The van der Waals surface area contributed by atoms with Gasteiger partial charge in [-0.15, -0.1) is 10.2 Å². The highest BCUT2D eigenvalue weighted by atomic mass is 35.5. The van der Waals surface area contributed by atoms with Gasteiger partial charge in [0.2, 0.25) is 17.7 Å². The molecule has 1 fully saturated rings. The van der Waals surface area contributed by atoms with Crippen molar-refractivity contribution in [3.05, 3.63) is 29.3 Å². The molecule has 1 aromatic carbocycles. The minimum Gasteiger partial charge on any atom is -0.411 e. The molecule has 1 aromatic heterocycles. The molecule has 0 saturated carbocycles. The van der Waals surface area contributed by atoms with Crippen molar-refractivity contribution in [1.82, 2.24) is 15.1 Å². The van der Waals surface area contributed by atoms with Crippen LogP contribution in [0.5, 0.6) is 0 Å². The molecule has 8 heteroatoms. The van der Waals surface area contributed by atoms with Crippen molar-refractivity contribution in [2.75, 3.05) is 12.3 Å². The summed E-state index contributed by atoms with van der Waals surface area (Å²) in [4.78, 5) is 24.2. The summed E-state index contributed by atoms with van der Waals surface area (Å²) < 4.78 is 5.54. The number of imide groups is 1. The molecule has 0 radical (unpaired) electrons. The van der Waals surface area contributed by atoms with Gasteiger partial charge in [-0.2, -0.15) is 0 Å². The van der Waals surface area contributed by atoms with E-state index in [0.717, 1.165) is 5.56 Å². The van der Waals surface area contributed by atoms with Gasteiger partial charge in [0.15, 0.2) is 0 Å². The molecule has 0 atom stereocenters. The highest BCUT2D eigenvalue weighted by Gasteiger charge is 2.28. The fourth-order valence-corrected chi connectivity index (χ4v) is 2.98. The molecule has 0 bridgehead atoms. The van der Waals surface area contributed by atoms with Crippen molar-refractivity contribution < 1.29 is 14.0 Å². The van der Waals surface area contributed by atoms with Gasteiger partial charge in [-0.25, -0.2) is 0 Å². The predicted octanol–water partition coefficient (Wildman–Crippen LogP) is 2.63. The van der Waals surface area contributed by atoms with Crippen molar-refractivity contribution in [3.63, 3.8) is 0 Å². The Kier molecular flexibility index (Phi) is 4.44. The van der Waals surface area contributed by atoms with Crippen LogP contribution in [0.1, 0.15) is 12.8 Å². The highest BCUT2D eigenvalue weighted by Crippen LogP contribution is 2.25. The van der Waals surface area contributed by atoms with E-state index in [9.17, 15) is 9.59 Å². The minimum atomic E-state index is -0.115. The molecule has 1 saturated heterocycles. The molecule has 6 nitrogen and oxygen atoms in total. The van der Waals surface area contributed by atoms with Crippen molar-refractivity contribution in [1.29, 1.82) is 0 Å². The summed E-state index contributed by atoms with van der Waals surface area (Å²) in [5.41, 5.74) is 0.747. The van der Waals surface area contributed by atoms with E-state index in [1.165, 1.54) is 16.7 Å². The minimum absolute atomic E-state index is 0.115. The average Bonchev–Trinajstić information content (AvgIpc) is 3.09. The molecule has 1 aliphatic heterocycles. The average molecular weight is 338 g/mol. The Labute approximate surface area is 135 Å². The maximum atomic E-state index is 11.5. The first-order valence-electron chi connectivity index (χ1n) is 6.69. The van der Waals surface area contributed by atoms with E-state index in [4.69, 9.17) is 16.0 Å². The predicted molar refractivity (Wildman–Crippen MR) is 81.4 cm³/mol. The van der Waals surface area contributed by atoms with Crippen LogP contribution in [-0.2, 0) is 9.59 Å². The topological polar surface area (TPSA) is 76.3 Å². The van der Waals surface area contributed by atoms with Gasteiger partial charge in [-0.1, -0.05) is 29.4 Å². The molecule has 22 heavy (non-hydrogen) atoms. The summed E-state index contributed by atoms with van der Waals surface area (Å²) in [6.45, 7) is 0.358. The molecule has 0 N–H and O–H groups in total. The van der Waals surface area contributed by atoms with E-state index in [-0.39, 0.29) is 11.8 Å². The van der Waals surface area contributed by atoms with E-state index in [0.29, 0.717) is 41.3 Å². The number of halogens is 1. The SMILES string of the molecule is O=C1CCC(=O)N1CCSc1nnc(-c2cccc(Cl)c2)o1. The van der Waals surface area contributed by atoms with Crippen LogP contribution in [0.3, 0.4) is 0 Å². The molecule has 114 valence electrons. The first-order chi connectivity index (χ1) is 10.6. The summed E-state index contributed by atoms with van der Waals surface area (Å²) in [6, 6.07) is 7.14. The summed E-state index contributed by atoms with van der Waals surface area (Å²) in [6.07, 6.45) is 0.617. The Morgan fingerprint density at radius 3 is 2.73 bits per heavy atom. The fraction of sp³-hybridized carbons (Fsp3) is 0.286. The Bertz CT molecular complexity index is 703. The number of benzene rings is 1. The number of hydrogen-bond donors (Lipinski definition) is 0. The molecule has 0 aliphatic carbocycles. The van der Waals surface area contributed by atoms with Gasteiger partial charge < -0.3 is 4.42 Å². The fourth-order valence-electron chi connectivity index (χ4n) is 2.10. The van der Waals surface area contributed by atoms with Gasteiger partial charge in [0.05, 0.1) is 0 Å². The monoisotopic (exact) mass is 337 g/mol. The number of carbonyl (C=O) groups excluding carboxylic acids is 2. The van der Waals surface area contributed by atoms with E-state index in [2.05, 4.69) is 10.2 Å². The van der Waals surface area contributed by atoms with Crippen LogP contribution in [0.15, 0.2) is 33.9 Å². The Morgan fingerprint density at radius 2 is 2.00 bits per heavy atom. The van der Waals surface area contributed by atoms with E-state index in [1.807, 2.05) is 6.07 Å². The lowest BCUT2D eigenvalue weighted by molar-refractivity contribution is -0.137. The maximum Gasteiger partial charge on any atom is 0.276 e. The number of rotatable bonds is 5. The number of nitrogens with zero attached hydrogens (tertiary/aromatic N) is 3. The molecular weight excluding hydrogens is 326 g/mol. The van der Waals surface area contributed by atoms with Gasteiger partial charge in [0.25, 0.3) is 5.22 Å². The molecule has 0 unspecified atom stereocenters. The number of aromatic nitrogens is 2. The quantitative estimate of drug-likeness (QED) is 0.616. The van der Waals surface area contributed by atoms with Crippen molar-refractivity contribution >= 4 is 35.2 Å². The third-order valence-corrected chi connectivity index (χ3v) is 4.21. The lowest BCUT2D eigenvalue weighted by atomic mass is 10.2. The molecule has 0 spiro atoms. The lowest BCUT2D eigenvalue weighted by Gasteiger charge is -2.11. The van der Waals surface area contributed by atoms with Crippen molar-refractivity contribution in [3.8, 4) is 11.5 Å². The number of amides is 2. The standard InChI is InChI=1S/C14H12ClN3O3S/c15-10-3-1-2-9(8-10)13-16-17-14(21-13)22-7-6-18-11(19)4-5-12(18)20/h1-3,8H,4-7H2. The Balaban J connectivity index is 1.58. The van der Waals surface area contributed by atoms with Crippen molar-refractivity contribution in [2.24, 2.45) is 0 Å². The van der Waals surface area contributed by atoms with Gasteiger partial charge in [0, 0.05) is 35.7 Å². The van der Waals surface area contributed by atoms with E-state index >= 15 is 0 Å². The number of likely N-dealkylation sites (tertiary alicyclic amines) is 1. The summed E-state index contributed by atoms with van der Waals surface area (Å²) >= 11 is 7.23. The first-order valence-corrected chi connectivity index (χ1v) is 8.05. The second kappa shape index (κ2) is 6.50. The lowest BCUT2D eigenvalue weighted by Crippen LogP contribution is -2.31. The normalized spacial score (nSPS) is 14.9. The summed E-state index contributed by atoms with van der Waals surface area (Å²) in [5, 5.41) is 8.89. The molecular formula is C14H12ClN3O3S. The van der Waals surface area contributed by atoms with Gasteiger partial charge in [-0.05, 0) is 18.2 Å². The van der Waals surface area contributed by atoms with Crippen LogP contribution in [0.4, 0.5) is 0 Å². The van der Waals surface area contributed by atoms with Gasteiger partial charge in [-0.3, -0.25) is 14.5 Å². The second-order valence-electron chi connectivity index (χ2n) is 4.67.